The van der Waals surface area contributed by atoms with Crippen LogP contribution in [0.25, 0.3) is 16.6 Å². The quantitative estimate of drug-likeness (QED) is 0.586. The van der Waals surface area contributed by atoms with Gasteiger partial charge in [0.25, 0.3) is 0 Å². The number of aliphatic hydroxyl groups excluding tert-OH is 1. The Kier molecular flexibility index (Phi) is 4.57. The number of rotatable bonds is 5. The highest BCUT2D eigenvalue weighted by Gasteiger charge is 2.31. The van der Waals surface area contributed by atoms with Crippen LogP contribution in [0.3, 0.4) is 0 Å². The summed E-state index contributed by atoms with van der Waals surface area (Å²) in [5, 5.41) is 19.1. The Morgan fingerprint density at radius 3 is 2.89 bits per heavy atom. The zero-order valence-electron chi connectivity index (χ0n) is 15.4. The first kappa shape index (κ1) is 17.8. The van der Waals surface area contributed by atoms with Crippen molar-refractivity contribution in [1.29, 1.82) is 5.41 Å². The van der Waals surface area contributed by atoms with Crippen molar-refractivity contribution in [3.05, 3.63) is 65.7 Å². The van der Waals surface area contributed by atoms with Gasteiger partial charge in [-0.2, -0.15) is 0 Å². The number of para-hydroxylation sites is 2. The first-order valence-corrected chi connectivity index (χ1v) is 9.09. The molecule has 0 amide bonds. The number of ether oxygens (including phenoxy) is 1. The van der Waals surface area contributed by atoms with Gasteiger partial charge in [-0.25, -0.2) is 9.78 Å². The van der Waals surface area contributed by atoms with Gasteiger partial charge >= 0.3 is 5.97 Å². The second kappa shape index (κ2) is 7.19. The Bertz CT molecular complexity index is 1070. The summed E-state index contributed by atoms with van der Waals surface area (Å²) in [7, 11) is 0. The molecule has 0 saturated carbocycles. The summed E-state index contributed by atoms with van der Waals surface area (Å²) in [6, 6.07) is 14.4. The molecule has 7 heteroatoms. The van der Waals surface area contributed by atoms with E-state index in [1.54, 1.807) is 29.2 Å². The third-order valence-electron chi connectivity index (χ3n) is 4.56. The molecule has 0 radical (unpaired) electrons. The zero-order chi connectivity index (χ0) is 19.7. The number of aliphatic hydroxyl groups is 1. The van der Waals surface area contributed by atoms with Crippen molar-refractivity contribution in [2.75, 3.05) is 18.1 Å². The first-order valence-electron chi connectivity index (χ1n) is 9.09. The Hall–Kier alpha value is -3.61. The fraction of sp³-hybridized carbons (Fsp3) is 0.190. The second-order valence-corrected chi connectivity index (χ2v) is 6.55. The largest absolute Gasteiger partial charge is 0.509 e. The van der Waals surface area contributed by atoms with E-state index < -0.39 is 5.97 Å². The average Bonchev–Trinajstić information content (AvgIpc) is 3.26. The number of hydrogen-bond donors (Lipinski definition) is 3. The van der Waals surface area contributed by atoms with Gasteiger partial charge in [0.05, 0.1) is 35.3 Å². The van der Waals surface area contributed by atoms with Crippen LogP contribution in [0.2, 0.25) is 0 Å². The van der Waals surface area contributed by atoms with Gasteiger partial charge in [-0.1, -0.05) is 25.1 Å². The molecule has 0 fully saturated rings. The van der Waals surface area contributed by atoms with Crippen LogP contribution in [-0.2, 0) is 4.74 Å². The minimum Gasteiger partial charge on any atom is -0.509 e. The summed E-state index contributed by atoms with van der Waals surface area (Å²) in [5.74, 6) is 0.229. The Morgan fingerprint density at radius 2 is 2.11 bits per heavy atom. The van der Waals surface area contributed by atoms with Crippen LogP contribution >= 0.6 is 0 Å². The number of amidine groups is 1. The molecule has 1 aliphatic heterocycles. The number of hydrogen-bond acceptors (Lipinski definition) is 5. The summed E-state index contributed by atoms with van der Waals surface area (Å²) in [6.07, 6.45) is 0.751. The molecule has 2 heterocycles. The Balaban J connectivity index is 1.62. The van der Waals surface area contributed by atoms with E-state index >= 15 is 0 Å². The van der Waals surface area contributed by atoms with Crippen LogP contribution in [0.15, 0.2) is 54.3 Å². The number of anilines is 1. The van der Waals surface area contributed by atoms with Crippen molar-refractivity contribution in [2.45, 2.75) is 13.3 Å². The van der Waals surface area contributed by atoms with E-state index in [1.807, 2.05) is 31.2 Å². The fourth-order valence-corrected chi connectivity index (χ4v) is 3.20. The molecule has 2 aromatic carbocycles. The lowest BCUT2D eigenvalue weighted by Gasteiger charge is -2.19. The summed E-state index contributed by atoms with van der Waals surface area (Å²) < 4.78 is 5.18. The lowest BCUT2D eigenvalue weighted by molar-refractivity contribution is 0.0505. The van der Waals surface area contributed by atoms with Gasteiger partial charge in [-0.3, -0.25) is 5.41 Å². The highest BCUT2D eigenvalue weighted by atomic mass is 16.5. The maximum Gasteiger partial charge on any atom is 0.338 e. The number of esters is 1. The third-order valence-corrected chi connectivity index (χ3v) is 4.56. The molecular formula is C21H20N4O3. The van der Waals surface area contributed by atoms with Crippen LogP contribution in [-0.4, -0.2) is 40.0 Å². The van der Waals surface area contributed by atoms with E-state index in [9.17, 15) is 9.90 Å². The smallest absolute Gasteiger partial charge is 0.338 e. The SMILES string of the molecule is CCCOC(=O)c1cccc(N2CC(O)=C(c3nc4ccccc4[nH]3)C2=N)c1. The van der Waals surface area contributed by atoms with Crippen LogP contribution in [0.4, 0.5) is 5.69 Å². The Labute approximate surface area is 161 Å². The molecule has 0 spiro atoms. The molecular weight excluding hydrogens is 356 g/mol. The minimum atomic E-state index is -0.399. The maximum absolute atomic E-state index is 12.1. The molecule has 4 rings (SSSR count). The van der Waals surface area contributed by atoms with E-state index in [4.69, 9.17) is 10.1 Å². The molecule has 0 unspecified atom stereocenters. The predicted octanol–water partition coefficient (Wildman–Crippen LogP) is 3.90. The standard InChI is InChI=1S/C21H20N4O3/c1-2-10-28-21(27)13-6-5-7-14(11-13)25-12-17(26)18(19(25)22)20-23-15-8-3-4-9-16(15)24-20/h3-9,11,22,26H,2,10,12H2,1H3,(H,23,24). The molecule has 0 atom stereocenters. The molecule has 0 aliphatic carbocycles. The number of carbonyl (C=O) groups is 1. The predicted molar refractivity (Wildman–Crippen MR) is 108 cm³/mol. The van der Waals surface area contributed by atoms with Crippen molar-refractivity contribution in [3.63, 3.8) is 0 Å². The highest BCUT2D eigenvalue weighted by molar-refractivity contribution is 6.30. The summed E-state index contributed by atoms with van der Waals surface area (Å²) in [6.45, 7) is 2.43. The van der Waals surface area contributed by atoms with E-state index in [1.165, 1.54) is 0 Å². The van der Waals surface area contributed by atoms with Crippen molar-refractivity contribution in [3.8, 4) is 0 Å². The van der Waals surface area contributed by atoms with Gasteiger partial charge in [0.2, 0.25) is 0 Å². The highest BCUT2D eigenvalue weighted by Crippen LogP contribution is 2.31. The van der Waals surface area contributed by atoms with Crippen molar-refractivity contribution in [2.24, 2.45) is 0 Å². The van der Waals surface area contributed by atoms with Crippen LogP contribution in [0, 0.1) is 5.41 Å². The molecule has 3 N–H and O–H groups in total. The zero-order valence-corrected chi connectivity index (χ0v) is 15.4. The molecule has 142 valence electrons. The number of carbonyl (C=O) groups excluding carboxylic acids is 1. The van der Waals surface area contributed by atoms with Crippen LogP contribution in [0.5, 0.6) is 0 Å². The van der Waals surface area contributed by atoms with Gasteiger partial charge in [0, 0.05) is 5.69 Å². The van der Waals surface area contributed by atoms with Gasteiger partial charge < -0.3 is 19.7 Å². The lowest BCUT2D eigenvalue weighted by atomic mass is 10.2. The van der Waals surface area contributed by atoms with Gasteiger partial charge in [-0.05, 0) is 36.8 Å². The average molecular weight is 376 g/mol. The third kappa shape index (κ3) is 3.11. The number of aromatic amines is 1. The Morgan fingerprint density at radius 1 is 1.29 bits per heavy atom. The molecule has 0 bridgehead atoms. The van der Waals surface area contributed by atoms with Crippen molar-refractivity contribution >= 4 is 34.1 Å². The van der Waals surface area contributed by atoms with E-state index in [0.717, 1.165) is 17.5 Å². The minimum absolute atomic E-state index is 0.0584. The molecule has 3 aromatic rings. The second-order valence-electron chi connectivity index (χ2n) is 6.55. The lowest BCUT2D eigenvalue weighted by Crippen LogP contribution is -2.26. The first-order chi connectivity index (χ1) is 13.6. The monoisotopic (exact) mass is 376 g/mol. The van der Waals surface area contributed by atoms with Crippen molar-refractivity contribution in [1.82, 2.24) is 9.97 Å². The summed E-state index contributed by atoms with van der Waals surface area (Å²) in [4.78, 5) is 21.4. The van der Waals surface area contributed by atoms with Gasteiger partial charge in [0.1, 0.15) is 17.4 Å². The number of imidazole rings is 1. The maximum atomic E-state index is 12.1. The van der Waals surface area contributed by atoms with Crippen LogP contribution in [0.1, 0.15) is 29.5 Å². The summed E-state index contributed by atoms with van der Waals surface area (Å²) in [5.41, 5.74) is 3.01. The van der Waals surface area contributed by atoms with E-state index in [2.05, 4.69) is 9.97 Å². The molecule has 1 aliphatic rings. The number of benzene rings is 2. The topological polar surface area (TPSA) is 102 Å². The van der Waals surface area contributed by atoms with E-state index in [0.29, 0.717) is 29.3 Å². The molecule has 7 nitrogen and oxygen atoms in total. The number of fused-ring (bicyclic) bond motifs is 1. The molecule has 1 aromatic heterocycles. The fourth-order valence-electron chi connectivity index (χ4n) is 3.20. The normalized spacial score (nSPS) is 14.2. The van der Waals surface area contributed by atoms with E-state index in [-0.39, 0.29) is 18.1 Å². The molecule has 0 saturated heterocycles. The number of H-pyrrole nitrogens is 1. The number of nitrogens with one attached hydrogen (secondary N) is 2. The van der Waals surface area contributed by atoms with Crippen molar-refractivity contribution < 1.29 is 14.6 Å². The summed E-state index contributed by atoms with van der Waals surface area (Å²) >= 11 is 0. The van der Waals surface area contributed by atoms with Crippen LogP contribution < -0.4 is 4.90 Å². The van der Waals surface area contributed by atoms with Gasteiger partial charge in [-0.15, -0.1) is 0 Å². The van der Waals surface area contributed by atoms with Gasteiger partial charge in [0.15, 0.2) is 0 Å². The number of aromatic nitrogens is 2. The molecule has 28 heavy (non-hydrogen) atoms. The number of nitrogens with zero attached hydrogens (tertiary/aromatic N) is 2.